The number of aliphatic hydroxyl groups is 2. The van der Waals surface area contributed by atoms with Crippen LogP contribution < -0.4 is 0 Å². The maximum atomic E-state index is 9.09. The van der Waals surface area contributed by atoms with Crippen LogP contribution in [0.3, 0.4) is 0 Å². The third-order valence-corrected chi connectivity index (χ3v) is 3.50. The molecule has 110 valence electrons. The Morgan fingerprint density at radius 3 is 2.19 bits per heavy atom. The Labute approximate surface area is 125 Å². The van der Waals surface area contributed by atoms with Gasteiger partial charge in [-0.1, -0.05) is 36.4 Å². The van der Waals surface area contributed by atoms with Gasteiger partial charge in [-0.2, -0.15) is 0 Å². The van der Waals surface area contributed by atoms with Gasteiger partial charge < -0.3 is 10.2 Å². The summed E-state index contributed by atoms with van der Waals surface area (Å²) in [5.41, 5.74) is 3.20. The van der Waals surface area contributed by atoms with E-state index < -0.39 is 0 Å². The molecule has 0 saturated carbocycles. The predicted molar refractivity (Wildman–Crippen MR) is 85.8 cm³/mol. The number of rotatable bonds is 7. The molecular formula is C18H21NO2. The fourth-order valence-corrected chi connectivity index (χ4v) is 2.32. The molecule has 0 saturated heterocycles. The minimum atomic E-state index is 0.145. The molecule has 0 aliphatic heterocycles. The molecule has 1 aromatic heterocycles. The first-order valence-electron chi connectivity index (χ1n) is 7.24. The molecule has 0 unspecified atom stereocenters. The summed E-state index contributed by atoms with van der Waals surface area (Å²) in [6, 6.07) is 14.1. The third kappa shape index (κ3) is 4.81. The zero-order valence-corrected chi connectivity index (χ0v) is 12.0. The second-order valence-electron chi connectivity index (χ2n) is 4.98. The Balaban J connectivity index is 2.06. The van der Waals surface area contributed by atoms with Gasteiger partial charge >= 0.3 is 0 Å². The maximum Gasteiger partial charge on any atom is 0.0629 e. The number of aromatic nitrogens is 1. The van der Waals surface area contributed by atoms with Gasteiger partial charge in [-0.05, 0) is 48.1 Å². The van der Waals surface area contributed by atoms with E-state index in [1.807, 2.05) is 30.4 Å². The van der Waals surface area contributed by atoms with E-state index in [2.05, 4.69) is 29.2 Å². The normalized spacial score (nSPS) is 11.4. The highest BCUT2D eigenvalue weighted by molar-refractivity contribution is 5.67. The summed E-state index contributed by atoms with van der Waals surface area (Å²) in [4.78, 5) is 4.25. The number of nitrogens with zero attached hydrogens (tertiary/aromatic N) is 1. The lowest BCUT2D eigenvalue weighted by Crippen LogP contribution is -2.04. The van der Waals surface area contributed by atoms with Crippen molar-refractivity contribution < 1.29 is 10.2 Å². The van der Waals surface area contributed by atoms with E-state index in [9.17, 15) is 0 Å². The van der Waals surface area contributed by atoms with Crippen LogP contribution in [0.15, 0.2) is 48.7 Å². The largest absolute Gasteiger partial charge is 0.396 e. The lowest BCUT2D eigenvalue weighted by Gasteiger charge is -2.15. The summed E-state index contributed by atoms with van der Waals surface area (Å²) < 4.78 is 0. The van der Waals surface area contributed by atoms with Gasteiger partial charge in [0.1, 0.15) is 0 Å². The molecule has 1 aromatic carbocycles. The fourth-order valence-electron chi connectivity index (χ4n) is 2.32. The Morgan fingerprint density at radius 2 is 1.62 bits per heavy atom. The molecule has 0 bridgehead atoms. The summed E-state index contributed by atoms with van der Waals surface area (Å²) in [5, 5.41) is 18.2. The van der Waals surface area contributed by atoms with Crippen molar-refractivity contribution >= 4 is 12.2 Å². The molecule has 0 amide bonds. The van der Waals surface area contributed by atoms with Gasteiger partial charge in [-0.25, -0.2) is 0 Å². The molecule has 21 heavy (non-hydrogen) atoms. The number of hydrogen-bond acceptors (Lipinski definition) is 3. The number of benzene rings is 1. The maximum absolute atomic E-state index is 9.09. The smallest absolute Gasteiger partial charge is 0.0629 e. The molecule has 0 aliphatic carbocycles. The fraction of sp³-hybridized carbons (Fsp3) is 0.278. The molecular weight excluding hydrogens is 262 g/mol. The first-order chi connectivity index (χ1) is 10.3. The van der Waals surface area contributed by atoms with Crippen molar-refractivity contribution in [2.45, 2.75) is 18.8 Å². The second-order valence-corrected chi connectivity index (χ2v) is 4.98. The van der Waals surface area contributed by atoms with Crippen molar-refractivity contribution in [1.82, 2.24) is 4.98 Å². The highest BCUT2D eigenvalue weighted by Crippen LogP contribution is 2.23. The number of pyridine rings is 1. The molecule has 3 nitrogen and oxygen atoms in total. The molecule has 0 spiro atoms. The molecule has 3 heteroatoms. The topological polar surface area (TPSA) is 53.4 Å². The van der Waals surface area contributed by atoms with E-state index >= 15 is 0 Å². The van der Waals surface area contributed by atoms with E-state index in [0.717, 1.165) is 16.8 Å². The van der Waals surface area contributed by atoms with Crippen molar-refractivity contribution in [2.75, 3.05) is 13.2 Å². The van der Waals surface area contributed by atoms with Crippen LogP contribution in [-0.2, 0) is 0 Å². The molecule has 2 N–H and O–H groups in total. The molecule has 2 aromatic rings. The van der Waals surface area contributed by atoms with Crippen LogP contribution >= 0.6 is 0 Å². The lowest BCUT2D eigenvalue weighted by atomic mass is 9.92. The van der Waals surface area contributed by atoms with Gasteiger partial charge in [0.05, 0.1) is 5.69 Å². The van der Waals surface area contributed by atoms with Crippen LogP contribution in [0, 0.1) is 0 Å². The van der Waals surface area contributed by atoms with Gasteiger partial charge in [0.15, 0.2) is 0 Å². The minimum absolute atomic E-state index is 0.145. The summed E-state index contributed by atoms with van der Waals surface area (Å²) in [6.45, 7) is 0.290. The van der Waals surface area contributed by atoms with E-state index in [0.29, 0.717) is 12.8 Å². The number of aliphatic hydroxyl groups excluding tert-OH is 2. The van der Waals surface area contributed by atoms with Crippen molar-refractivity contribution in [3.8, 4) is 0 Å². The molecule has 0 atom stereocenters. The third-order valence-electron chi connectivity index (χ3n) is 3.50. The van der Waals surface area contributed by atoms with Gasteiger partial charge in [-0.3, -0.25) is 4.98 Å². The van der Waals surface area contributed by atoms with Gasteiger partial charge in [0, 0.05) is 19.4 Å². The lowest BCUT2D eigenvalue weighted by molar-refractivity contribution is 0.242. The van der Waals surface area contributed by atoms with Crippen LogP contribution in [0.4, 0.5) is 0 Å². The van der Waals surface area contributed by atoms with Gasteiger partial charge in [-0.15, -0.1) is 0 Å². The molecule has 0 aliphatic rings. The summed E-state index contributed by atoms with van der Waals surface area (Å²) in [7, 11) is 0. The Hall–Kier alpha value is -1.97. The van der Waals surface area contributed by atoms with E-state index in [1.54, 1.807) is 6.20 Å². The van der Waals surface area contributed by atoms with Crippen LogP contribution in [-0.4, -0.2) is 28.4 Å². The second kappa shape index (κ2) is 8.35. The molecule has 1 heterocycles. The molecule has 2 rings (SSSR count). The van der Waals surface area contributed by atoms with Crippen LogP contribution in [0.25, 0.3) is 12.2 Å². The zero-order valence-electron chi connectivity index (χ0n) is 12.0. The summed E-state index contributed by atoms with van der Waals surface area (Å²) in [6.07, 6.45) is 7.15. The zero-order chi connectivity index (χ0) is 14.9. The quantitative estimate of drug-likeness (QED) is 0.821. The minimum Gasteiger partial charge on any atom is -0.396 e. The van der Waals surface area contributed by atoms with Crippen LogP contribution in [0.1, 0.15) is 35.6 Å². The highest BCUT2D eigenvalue weighted by Gasteiger charge is 2.09. The predicted octanol–water partition coefficient (Wildman–Crippen LogP) is 3.10. The Kier molecular flexibility index (Phi) is 6.13. The summed E-state index contributed by atoms with van der Waals surface area (Å²) in [5.74, 6) is 0.216. The average Bonchev–Trinajstić information content (AvgIpc) is 2.54. The van der Waals surface area contributed by atoms with E-state index in [4.69, 9.17) is 10.2 Å². The summed E-state index contributed by atoms with van der Waals surface area (Å²) >= 11 is 0. The van der Waals surface area contributed by atoms with Crippen molar-refractivity contribution in [3.63, 3.8) is 0 Å². The first-order valence-corrected chi connectivity index (χ1v) is 7.24. The first kappa shape index (κ1) is 15.4. The Morgan fingerprint density at radius 1 is 0.905 bits per heavy atom. The van der Waals surface area contributed by atoms with Crippen LogP contribution in [0.5, 0.6) is 0 Å². The van der Waals surface area contributed by atoms with E-state index in [1.165, 1.54) is 0 Å². The Bertz CT molecular complexity index is 543. The van der Waals surface area contributed by atoms with Gasteiger partial charge in [0.2, 0.25) is 0 Å². The molecule has 0 radical (unpaired) electrons. The van der Waals surface area contributed by atoms with E-state index in [-0.39, 0.29) is 19.1 Å². The molecule has 0 fully saturated rings. The van der Waals surface area contributed by atoms with Crippen LogP contribution in [0.2, 0.25) is 0 Å². The van der Waals surface area contributed by atoms with Crippen molar-refractivity contribution in [2.24, 2.45) is 0 Å². The van der Waals surface area contributed by atoms with Crippen molar-refractivity contribution in [1.29, 1.82) is 0 Å². The average molecular weight is 283 g/mol. The monoisotopic (exact) mass is 283 g/mol. The van der Waals surface area contributed by atoms with Crippen molar-refractivity contribution in [3.05, 3.63) is 65.5 Å². The standard InChI is InChI=1S/C18H21NO2/c20-13-10-17(11-14-21)16-7-4-15(5-8-16)6-9-18-3-1-2-12-19-18/h1-9,12,17,20-21H,10-11,13-14H2/b9-6+. The van der Waals surface area contributed by atoms with Gasteiger partial charge in [0.25, 0.3) is 0 Å². The highest BCUT2D eigenvalue weighted by atomic mass is 16.3. The SMILES string of the molecule is OCCC(CCO)c1ccc(/C=C/c2ccccn2)cc1. The number of hydrogen-bond donors (Lipinski definition) is 2.